The van der Waals surface area contributed by atoms with Gasteiger partial charge in [0, 0.05) is 18.1 Å². The maximum absolute atomic E-state index is 11.9. The summed E-state index contributed by atoms with van der Waals surface area (Å²) in [7, 11) is 0. The Labute approximate surface area is 109 Å². The first-order valence-electron chi connectivity index (χ1n) is 5.92. The van der Waals surface area contributed by atoms with Crippen molar-refractivity contribution >= 4 is 17.4 Å². The lowest BCUT2D eigenvalue weighted by Gasteiger charge is -2.28. The first-order valence-corrected chi connectivity index (χ1v) is 5.92. The van der Waals surface area contributed by atoms with Crippen molar-refractivity contribution in [1.82, 2.24) is 25.2 Å². The number of hydrogen-bond donors (Lipinski definition) is 0. The predicted molar refractivity (Wildman–Crippen MR) is 67.1 cm³/mol. The van der Waals surface area contributed by atoms with Gasteiger partial charge in [0.15, 0.2) is 0 Å². The predicted octanol–water partition coefficient (Wildman–Crippen LogP) is 0.969. The second-order valence-corrected chi connectivity index (χ2v) is 4.50. The van der Waals surface area contributed by atoms with Crippen LogP contribution in [0.4, 0.5) is 5.95 Å². The molecule has 7 heteroatoms. The summed E-state index contributed by atoms with van der Waals surface area (Å²) in [4.78, 5) is 20.3. The topological polar surface area (TPSA) is 85.9 Å². The van der Waals surface area contributed by atoms with Crippen LogP contribution in [0, 0.1) is 5.92 Å². The van der Waals surface area contributed by atoms with Crippen LogP contribution in [0.15, 0.2) is 29.5 Å². The summed E-state index contributed by atoms with van der Waals surface area (Å²) in [6.45, 7) is 3.38. The largest absolute Gasteiger partial charge is 0.299 e. The Kier molecular flexibility index (Phi) is 2.66. The van der Waals surface area contributed by atoms with Crippen LogP contribution in [0.1, 0.15) is 25.5 Å². The normalized spacial score (nSPS) is 21.7. The van der Waals surface area contributed by atoms with Crippen LogP contribution in [-0.2, 0) is 4.79 Å². The van der Waals surface area contributed by atoms with Crippen molar-refractivity contribution in [3.05, 3.63) is 30.1 Å². The number of carbonyl (C=O) groups is 1. The molecule has 96 valence electrons. The van der Waals surface area contributed by atoms with E-state index < -0.39 is 0 Å². The fourth-order valence-corrected chi connectivity index (χ4v) is 2.44. The first-order chi connectivity index (χ1) is 9.18. The van der Waals surface area contributed by atoms with Crippen molar-refractivity contribution in [3.63, 3.8) is 0 Å². The Hall–Kier alpha value is -2.44. The molecular weight excluding hydrogens is 244 g/mol. The van der Waals surface area contributed by atoms with Gasteiger partial charge in [-0.1, -0.05) is 11.2 Å². The molecule has 1 aliphatic rings. The van der Waals surface area contributed by atoms with Crippen molar-refractivity contribution in [2.24, 2.45) is 10.9 Å². The van der Waals surface area contributed by atoms with E-state index in [1.54, 1.807) is 24.0 Å². The summed E-state index contributed by atoms with van der Waals surface area (Å²) < 4.78 is 1.58. The standard InChI is InChI=1S/C12H12N6O/c1-7-10(8(2)19)11(9-4-3-5-13-6-9)18-12(14-7)15-16-17-18/h3-6,10-11H,1-2H3. The number of aliphatic imine (C=N–C) groups is 1. The van der Waals surface area contributed by atoms with E-state index in [1.165, 1.54) is 0 Å². The Bertz CT molecular complexity index is 647. The van der Waals surface area contributed by atoms with Crippen molar-refractivity contribution in [1.29, 1.82) is 0 Å². The van der Waals surface area contributed by atoms with E-state index in [0.29, 0.717) is 5.95 Å². The Morgan fingerprint density at radius 1 is 1.42 bits per heavy atom. The first kappa shape index (κ1) is 11.6. The molecule has 0 aromatic carbocycles. The number of Topliss-reactive ketones (excluding diaryl/α,β-unsaturated/α-hetero) is 1. The Morgan fingerprint density at radius 3 is 2.95 bits per heavy atom. The molecule has 0 saturated heterocycles. The number of tetrazole rings is 1. The van der Waals surface area contributed by atoms with Gasteiger partial charge in [-0.3, -0.25) is 9.78 Å². The van der Waals surface area contributed by atoms with Crippen LogP contribution in [0.5, 0.6) is 0 Å². The maximum Gasteiger partial charge on any atom is 0.269 e. The van der Waals surface area contributed by atoms with Crippen molar-refractivity contribution < 1.29 is 4.79 Å². The highest BCUT2D eigenvalue weighted by Crippen LogP contribution is 2.34. The highest BCUT2D eigenvalue weighted by atomic mass is 16.1. The fourth-order valence-electron chi connectivity index (χ4n) is 2.44. The third kappa shape index (κ3) is 1.83. The highest BCUT2D eigenvalue weighted by Gasteiger charge is 2.37. The number of ketones is 1. The molecule has 2 unspecified atom stereocenters. The molecule has 2 aromatic heterocycles. The van der Waals surface area contributed by atoms with E-state index in [4.69, 9.17) is 0 Å². The van der Waals surface area contributed by atoms with Crippen LogP contribution in [0.25, 0.3) is 0 Å². The zero-order chi connectivity index (χ0) is 13.4. The van der Waals surface area contributed by atoms with Gasteiger partial charge in [0.1, 0.15) is 5.78 Å². The molecule has 0 fully saturated rings. The smallest absolute Gasteiger partial charge is 0.269 e. The van der Waals surface area contributed by atoms with E-state index >= 15 is 0 Å². The van der Waals surface area contributed by atoms with Gasteiger partial charge in [0.2, 0.25) is 0 Å². The van der Waals surface area contributed by atoms with Gasteiger partial charge in [0.05, 0.1) is 12.0 Å². The summed E-state index contributed by atoms with van der Waals surface area (Å²) >= 11 is 0. The summed E-state index contributed by atoms with van der Waals surface area (Å²) in [6, 6.07) is 3.46. The van der Waals surface area contributed by atoms with Crippen LogP contribution in [-0.4, -0.2) is 36.7 Å². The number of fused-ring (bicyclic) bond motifs is 1. The second-order valence-electron chi connectivity index (χ2n) is 4.50. The summed E-state index contributed by atoms with van der Waals surface area (Å²) in [6.07, 6.45) is 3.42. The Balaban J connectivity index is 2.19. The van der Waals surface area contributed by atoms with Crippen molar-refractivity contribution in [3.8, 4) is 0 Å². The third-order valence-electron chi connectivity index (χ3n) is 3.25. The summed E-state index contributed by atoms with van der Waals surface area (Å²) in [5, 5.41) is 11.4. The average Bonchev–Trinajstić information content (AvgIpc) is 2.85. The van der Waals surface area contributed by atoms with Crippen LogP contribution < -0.4 is 0 Å². The SMILES string of the molecule is CC(=O)C1C(C)=Nc2nnnn2C1c1cccnc1. The number of carbonyl (C=O) groups excluding carboxylic acids is 1. The minimum absolute atomic E-state index is 0.0382. The highest BCUT2D eigenvalue weighted by molar-refractivity contribution is 6.05. The molecular formula is C12H12N6O. The third-order valence-corrected chi connectivity index (χ3v) is 3.25. The molecule has 19 heavy (non-hydrogen) atoms. The van der Waals surface area contributed by atoms with Gasteiger partial charge in [-0.25, -0.2) is 9.67 Å². The van der Waals surface area contributed by atoms with E-state index in [9.17, 15) is 4.79 Å². The number of hydrogen-bond acceptors (Lipinski definition) is 6. The zero-order valence-electron chi connectivity index (χ0n) is 10.6. The lowest BCUT2D eigenvalue weighted by Crippen LogP contribution is -2.34. The molecule has 0 amide bonds. The molecule has 2 aromatic rings. The van der Waals surface area contributed by atoms with E-state index in [2.05, 4.69) is 25.5 Å². The zero-order valence-corrected chi connectivity index (χ0v) is 10.6. The molecule has 0 bridgehead atoms. The van der Waals surface area contributed by atoms with Gasteiger partial charge in [-0.05, 0) is 35.9 Å². The number of pyridine rings is 1. The van der Waals surface area contributed by atoms with Crippen molar-refractivity contribution in [2.45, 2.75) is 19.9 Å². The van der Waals surface area contributed by atoms with Gasteiger partial charge in [-0.15, -0.1) is 0 Å². The molecule has 0 saturated carbocycles. The van der Waals surface area contributed by atoms with Crippen molar-refractivity contribution in [2.75, 3.05) is 0 Å². The molecule has 0 radical (unpaired) electrons. The van der Waals surface area contributed by atoms with E-state index in [0.717, 1.165) is 11.3 Å². The van der Waals surface area contributed by atoms with Gasteiger partial charge >= 0.3 is 0 Å². The number of aromatic nitrogens is 5. The van der Waals surface area contributed by atoms with E-state index in [-0.39, 0.29) is 17.7 Å². The molecule has 1 aliphatic heterocycles. The van der Waals surface area contributed by atoms with Crippen LogP contribution in [0.2, 0.25) is 0 Å². The lowest BCUT2D eigenvalue weighted by molar-refractivity contribution is -0.119. The minimum atomic E-state index is -0.361. The molecule has 0 aliphatic carbocycles. The average molecular weight is 256 g/mol. The summed E-state index contributed by atoms with van der Waals surface area (Å²) in [5.74, 6) is 0.0975. The minimum Gasteiger partial charge on any atom is -0.299 e. The molecule has 3 heterocycles. The van der Waals surface area contributed by atoms with Gasteiger partial charge < -0.3 is 0 Å². The quantitative estimate of drug-likeness (QED) is 0.799. The van der Waals surface area contributed by atoms with Gasteiger partial charge in [0.25, 0.3) is 5.95 Å². The maximum atomic E-state index is 11.9. The Morgan fingerprint density at radius 2 is 2.26 bits per heavy atom. The molecule has 0 spiro atoms. The van der Waals surface area contributed by atoms with Gasteiger partial charge in [-0.2, -0.15) is 0 Å². The van der Waals surface area contributed by atoms with Crippen LogP contribution >= 0.6 is 0 Å². The fraction of sp³-hybridized carbons (Fsp3) is 0.333. The summed E-state index contributed by atoms with van der Waals surface area (Å²) in [5.41, 5.74) is 1.62. The number of nitrogens with zero attached hydrogens (tertiary/aromatic N) is 6. The molecule has 7 nitrogen and oxygen atoms in total. The monoisotopic (exact) mass is 256 g/mol. The number of rotatable bonds is 2. The van der Waals surface area contributed by atoms with Crippen LogP contribution in [0.3, 0.4) is 0 Å². The second kappa shape index (κ2) is 4.34. The lowest BCUT2D eigenvalue weighted by atomic mass is 9.86. The molecule has 2 atom stereocenters. The molecule has 3 rings (SSSR count). The molecule has 0 N–H and O–H groups in total. The van der Waals surface area contributed by atoms with E-state index in [1.807, 2.05) is 19.1 Å².